The van der Waals surface area contributed by atoms with E-state index in [1.54, 1.807) is 0 Å². The van der Waals surface area contributed by atoms with Gasteiger partial charge in [-0.2, -0.15) is 18.3 Å². The first-order valence-corrected chi connectivity index (χ1v) is 8.75. The molecule has 11 heteroatoms. The van der Waals surface area contributed by atoms with E-state index >= 15 is 0 Å². The number of rotatable bonds is 3. The van der Waals surface area contributed by atoms with Gasteiger partial charge in [-0.15, -0.1) is 0 Å². The lowest BCUT2D eigenvalue weighted by Crippen LogP contribution is -2.44. The number of aromatic hydroxyl groups is 1. The van der Waals surface area contributed by atoms with E-state index in [1.165, 1.54) is 43.3 Å². The van der Waals surface area contributed by atoms with Crippen molar-refractivity contribution in [1.29, 1.82) is 0 Å². The standard InChI is InChI=1S/C20H15F3N4O4/c1-11-9-16(29)17(19(31)25-24-18(30)14-7-2-3-8-15(14)28)26-27(11)13-6-4-5-12(10-13)20(21,22)23/h2-10,28H,1H3,(H,24,30)(H,25,31). The van der Waals surface area contributed by atoms with Crippen LogP contribution in [0, 0.1) is 6.92 Å². The van der Waals surface area contributed by atoms with Crippen LogP contribution in [0.3, 0.4) is 0 Å². The molecule has 0 saturated heterocycles. The first kappa shape index (κ1) is 21.6. The third-order valence-electron chi connectivity index (χ3n) is 4.18. The first-order chi connectivity index (χ1) is 14.6. The number of phenolic OH excluding ortho intramolecular Hbond substituents is 1. The zero-order chi connectivity index (χ0) is 22.8. The summed E-state index contributed by atoms with van der Waals surface area (Å²) < 4.78 is 40.0. The van der Waals surface area contributed by atoms with Crippen LogP contribution < -0.4 is 16.3 Å². The summed E-state index contributed by atoms with van der Waals surface area (Å²) in [4.78, 5) is 36.6. The number of hydrogen-bond donors (Lipinski definition) is 3. The lowest BCUT2D eigenvalue weighted by molar-refractivity contribution is -0.137. The van der Waals surface area contributed by atoms with E-state index in [4.69, 9.17) is 0 Å². The molecule has 1 heterocycles. The summed E-state index contributed by atoms with van der Waals surface area (Å²) in [6, 6.07) is 10.8. The fourth-order valence-corrected chi connectivity index (χ4v) is 2.69. The Morgan fingerprint density at radius 2 is 1.68 bits per heavy atom. The van der Waals surface area contributed by atoms with Crippen LogP contribution in [0.5, 0.6) is 5.75 Å². The number of amides is 2. The molecule has 0 aliphatic rings. The Morgan fingerprint density at radius 1 is 1.00 bits per heavy atom. The van der Waals surface area contributed by atoms with Gasteiger partial charge in [0, 0.05) is 11.8 Å². The van der Waals surface area contributed by atoms with Gasteiger partial charge >= 0.3 is 6.18 Å². The Morgan fingerprint density at radius 3 is 2.35 bits per heavy atom. The summed E-state index contributed by atoms with van der Waals surface area (Å²) in [7, 11) is 0. The Kier molecular flexibility index (Phi) is 5.77. The number of benzene rings is 2. The molecule has 2 amide bonds. The van der Waals surface area contributed by atoms with Gasteiger partial charge in [0.1, 0.15) is 5.75 Å². The highest BCUT2D eigenvalue weighted by Crippen LogP contribution is 2.30. The molecule has 0 unspecified atom stereocenters. The average Bonchev–Trinajstić information content (AvgIpc) is 2.71. The third kappa shape index (κ3) is 4.71. The van der Waals surface area contributed by atoms with Gasteiger partial charge in [-0.1, -0.05) is 18.2 Å². The third-order valence-corrected chi connectivity index (χ3v) is 4.18. The monoisotopic (exact) mass is 432 g/mol. The lowest BCUT2D eigenvalue weighted by Gasteiger charge is -2.14. The molecule has 1 aromatic heterocycles. The van der Waals surface area contributed by atoms with Crippen LogP contribution in [0.2, 0.25) is 0 Å². The zero-order valence-electron chi connectivity index (χ0n) is 15.9. The number of para-hydroxylation sites is 1. The molecular formula is C20H15F3N4O4. The van der Waals surface area contributed by atoms with Crippen molar-refractivity contribution in [2.75, 3.05) is 0 Å². The van der Waals surface area contributed by atoms with Gasteiger partial charge in [0.25, 0.3) is 11.8 Å². The maximum absolute atomic E-state index is 13.0. The molecule has 0 aliphatic heterocycles. The summed E-state index contributed by atoms with van der Waals surface area (Å²) >= 11 is 0. The summed E-state index contributed by atoms with van der Waals surface area (Å²) in [5, 5.41) is 13.5. The number of halogens is 3. The molecule has 31 heavy (non-hydrogen) atoms. The van der Waals surface area contributed by atoms with E-state index in [2.05, 4.69) is 5.10 Å². The van der Waals surface area contributed by atoms with Crippen molar-refractivity contribution < 1.29 is 27.9 Å². The fraction of sp³-hybridized carbons (Fsp3) is 0.100. The van der Waals surface area contributed by atoms with Crippen molar-refractivity contribution in [3.05, 3.63) is 87.3 Å². The number of hydrogen-bond acceptors (Lipinski definition) is 5. The summed E-state index contributed by atoms with van der Waals surface area (Å²) in [5.74, 6) is -2.26. The van der Waals surface area contributed by atoms with Crippen LogP contribution in [0.1, 0.15) is 32.1 Å². The van der Waals surface area contributed by atoms with E-state index in [-0.39, 0.29) is 22.7 Å². The second-order valence-electron chi connectivity index (χ2n) is 6.38. The lowest BCUT2D eigenvalue weighted by atomic mass is 10.2. The molecule has 0 radical (unpaired) electrons. The Hall–Kier alpha value is -4.15. The van der Waals surface area contributed by atoms with Crippen LogP contribution in [0.15, 0.2) is 59.4 Å². The molecule has 160 valence electrons. The van der Waals surface area contributed by atoms with Crippen molar-refractivity contribution in [3.63, 3.8) is 0 Å². The van der Waals surface area contributed by atoms with Gasteiger partial charge in [0.2, 0.25) is 5.43 Å². The minimum absolute atomic E-state index is 0.0142. The van der Waals surface area contributed by atoms with Crippen molar-refractivity contribution in [3.8, 4) is 11.4 Å². The Balaban J connectivity index is 1.87. The highest BCUT2D eigenvalue weighted by molar-refractivity contribution is 5.99. The van der Waals surface area contributed by atoms with Crippen LogP contribution in [-0.4, -0.2) is 26.7 Å². The molecular weight excluding hydrogens is 417 g/mol. The van der Waals surface area contributed by atoms with Gasteiger partial charge in [-0.05, 0) is 37.3 Å². The molecule has 0 saturated carbocycles. The smallest absolute Gasteiger partial charge is 0.416 e. The van der Waals surface area contributed by atoms with Crippen LogP contribution in [0.25, 0.3) is 5.69 Å². The minimum atomic E-state index is -4.59. The summed E-state index contributed by atoms with van der Waals surface area (Å²) in [5.41, 5.74) is 1.71. The fourth-order valence-electron chi connectivity index (χ4n) is 2.69. The first-order valence-electron chi connectivity index (χ1n) is 8.75. The normalized spacial score (nSPS) is 11.1. The van der Waals surface area contributed by atoms with Gasteiger partial charge in [-0.25, -0.2) is 4.68 Å². The largest absolute Gasteiger partial charge is 0.507 e. The van der Waals surface area contributed by atoms with E-state index in [0.29, 0.717) is 0 Å². The van der Waals surface area contributed by atoms with E-state index in [9.17, 15) is 32.7 Å². The van der Waals surface area contributed by atoms with E-state index in [1.807, 2.05) is 10.9 Å². The van der Waals surface area contributed by atoms with Gasteiger partial charge in [0.15, 0.2) is 5.69 Å². The second-order valence-corrected chi connectivity index (χ2v) is 6.38. The highest BCUT2D eigenvalue weighted by atomic mass is 19.4. The number of phenols is 1. The van der Waals surface area contributed by atoms with Gasteiger partial charge in [-0.3, -0.25) is 25.2 Å². The molecule has 8 nitrogen and oxygen atoms in total. The second kappa shape index (κ2) is 8.30. The van der Waals surface area contributed by atoms with Crippen molar-refractivity contribution in [2.24, 2.45) is 0 Å². The minimum Gasteiger partial charge on any atom is -0.507 e. The molecule has 0 aliphatic carbocycles. The van der Waals surface area contributed by atoms with Gasteiger partial charge in [0.05, 0.1) is 16.8 Å². The molecule has 2 aromatic carbocycles. The van der Waals surface area contributed by atoms with E-state index < -0.39 is 34.7 Å². The van der Waals surface area contributed by atoms with Crippen LogP contribution >= 0.6 is 0 Å². The van der Waals surface area contributed by atoms with Crippen LogP contribution in [-0.2, 0) is 6.18 Å². The Bertz CT molecular complexity index is 1220. The summed E-state index contributed by atoms with van der Waals surface area (Å²) in [6.07, 6.45) is -4.59. The molecule has 0 atom stereocenters. The predicted molar refractivity (Wildman–Crippen MR) is 103 cm³/mol. The molecule has 0 fully saturated rings. The number of aryl methyl sites for hydroxylation is 1. The molecule has 3 aromatic rings. The zero-order valence-corrected chi connectivity index (χ0v) is 15.9. The van der Waals surface area contributed by atoms with Crippen molar-refractivity contribution in [1.82, 2.24) is 20.6 Å². The average molecular weight is 432 g/mol. The van der Waals surface area contributed by atoms with Crippen molar-refractivity contribution >= 4 is 11.8 Å². The highest BCUT2D eigenvalue weighted by Gasteiger charge is 2.30. The number of nitrogens with one attached hydrogen (secondary N) is 2. The predicted octanol–water partition coefficient (Wildman–Crippen LogP) is 2.34. The molecule has 3 N–H and O–H groups in total. The quantitative estimate of drug-likeness (QED) is 0.550. The number of aromatic nitrogens is 2. The Labute approximate surface area is 172 Å². The molecule has 0 bridgehead atoms. The molecule has 0 spiro atoms. The SMILES string of the molecule is Cc1cc(=O)c(C(=O)NNC(=O)c2ccccc2O)nn1-c1cccc(C(F)(F)F)c1. The van der Waals surface area contributed by atoms with E-state index in [0.717, 1.165) is 22.9 Å². The summed E-state index contributed by atoms with van der Waals surface area (Å²) in [6.45, 7) is 1.44. The number of alkyl halides is 3. The van der Waals surface area contributed by atoms with Gasteiger partial charge < -0.3 is 5.11 Å². The number of carbonyl (C=O) groups excluding carboxylic acids is 2. The van der Waals surface area contributed by atoms with Crippen molar-refractivity contribution in [2.45, 2.75) is 13.1 Å². The maximum Gasteiger partial charge on any atom is 0.416 e. The number of nitrogens with zero attached hydrogens (tertiary/aromatic N) is 2. The number of hydrazine groups is 1. The molecule has 3 rings (SSSR count). The topological polar surface area (TPSA) is 113 Å². The van der Waals surface area contributed by atoms with Crippen LogP contribution in [0.4, 0.5) is 13.2 Å². The maximum atomic E-state index is 13.0. The number of carbonyl (C=O) groups is 2.